The van der Waals surface area contributed by atoms with E-state index in [1.807, 2.05) is 0 Å². The summed E-state index contributed by atoms with van der Waals surface area (Å²) in [4.78, 5) is 0. The SMILES string of the molecule is CC(CCC1CCCC1)N[C@H](CO)C(C)C. The van der Waals surface area contributed by atoms with Gasteiger partial charge >= 0.3 is 0 Å². The fourth-order valence-electron chi connectivity index (χ4n) is 2.69. The first-order chi connectivity index (χ1) is 7.63. The molecular weight excluding hydrogens is 198 g/mol. The third-order valence-electron chi connectivity index (χ3n) is 3.98. The van der Waals surface area contributed by atoms with Crippen molar-refractivity contribution in [2.24, 2.45) is 11.8 Å². The Morgan fingerprint density at radius 3 is 2.31 bits per heavy atom. The second-order valence-corrected chi connectivity index (χ2v) is 5.83. The maximum Gasteiger partial charge on any atom is 0.0587 e. The number of rotatable bonds is 7. The summed E-state index contributed by atoms with van der Waals surface area (Å²) in [5.74, 6) is 1.50. The molecule has 1 rings (SSSR count). The van der Waals surface area contributed by atoms with Gasteiger partial charge in [-0.1, -0.05) is 39.5 Å². The monoisotopic (exact) mass is 227 g/mol. The number of hydrogen-bond acceptors (Lipinski definition) is 2. The Bertz CT molecular complexity index is 176. The highest BCUT2D eigenvalue weighted by atomic mass is 16.3. The van der Waals surface area contributed by atoms with Crippen LogP contribution in [0.25, 0.3) is 0 Å². The zero-order valence-electron chi connectivity index (χ0n) is 11.2. The van der Waals surface area contributed by atoms with Crippen molar-refractivity contribution in [2.45, 2.75) is 71.4 Å². The normalized spacial score (nSPS) is 21.6. The fourth-order valence-corrected chi connectivity index (χ4v) is 2.69. The largest absolute Gasteiger partial charge is 0.395 e. The first-order valence-electron chi connectivity index (χ1n) is 7.00. The van der Waals surface area contributed by atoms with Crippen molar-refractivity contribution >= 4 is 0 Å². The van der Waals surface area contributed by atoms with Gasteiger partial charge in [-0.25, -0.2) is 0 Å². The topological polar surface area (TPSA) is 32.3 Å². The van der Waals surface area contributed by atoms with Crippen LogP contribution in [0.15, 0.2) is 0 Å². The molecule has 1 fully saturated rings. The quantitative estimate of drug-likeness (QED) is 0.701. The van der Waals surface area contributed by atoms with Gasteiger partial charge in [0.25, 0.3) is 0 Å². The van der Waals surface area contributed by atoms with Crippen molar-refractivity contribution in [1.29, 1.82) is 0 Å². The third kappa shape index (κ3) is 4.84. The Morgan fingerprint density at radius 1 is 1.19 bits per heavy atom. The maximum atomic E-state index is 9.26. The molecule has 0 aromatic heterocycles. The average Bonchev–Trinajstić information content (AvgIpc) is 2.75. The molecule has 2 atom stereocenters. The molecule has 0 aliphatic heterocycles. The van der Waals surface area contributed by atoms with Crippen molar-refractivity contribution in [1.82, 2.24) is 5.32 Å². The van der Waals surface area contributed by atoms with Crippen LogP contribution in [0.1, 0.15) is 59.3 Å². The lowest BCUT2D eigenvalue weighted by Crippen LogP contribution is -2.42. The molecule has 0 heterocycles. The number of aliphatic hydroxyl groups is 1. The Hall–Kier alpha value is -0.0800. The van der Waals surface area contributed by atoms with Gasteiger partial charge in [-0.3, -0.25) is 0 Å². The molecule has 96 valence electrons. The molecular formula is C14H29NO. The van der Waals surface area contributed by atoms with E-state index in [1.54, 1.807) is 0 Å². The lowest BCUT2D eigenvalue weighted by molar-refractivity contribution is 0.197. The van der Waals surface area contributed by atoms with E-state index < -0.39 is 0 Å². The molecule has 0 aromatic carbocycles. The van der Waals surface area contributed by atoms with Crippen LogP contribution < -0.4 is 5.32 Å². The zero-order chi connectivity index (χ0) is 12.0. The lowest BCUT2D eigenvalue weighted by atomic mass is 9.97. The van der Waals surface area contributed by atoms with Crippen LogP contribution in [-0.2, 0) is 0 Å². The van der Waals surface area contributed by atoms with Crippen molar-refractivity contribution in [3.8, 4) is 0 Å². The minimum Gasteiger partial charge on any atom is -0.395 e. The van der Waals surface area contributed by atoms with Crippen LogP contribution in [-0.4, -0.2) is 23.8 Å². The maximum absolute atomic E-state index is 9.26. The Balaban J connectivity index is 2.15. The second kappa shape index (κ2) is 7.29. The fraction of sp³-hybridized carbons (Fsp3) is 1.00. The van der Waals surface area contributed by atoms with E-state index in [-0.39, 0.29) is 12.6 Å². The highest BCUT2D eigenvalue weighted by Gasteiger charge is 2.18. The molecule has 0 aromatic rings. The molecule has 1 aliphatic rings. The van der Waals surface area contributed by atoms with Gasteiger partial charge in [-0.15, -0.1) is 0 Å². The van der Waals surface area contributed by atoms with Gasteiger partial charge in [0.15, 0.2) is 0 Å². The summed E-state index contributed by atoms with van der Waals surface area (Å²) in [6, 6.07) is 0.804. The first-order valence-corrected chi connectivity index (χ1v) is 7.00. The van der Waals surface area contributed by atoms with Crippen LogP contribution in [0, 0.1) is 11.8 Å². The van der Waals surface area contributed by atoms with Gasteiger partial charge in [0, 0.05) is 12.1 Å². The van der Waals surface area contributed by atoms with Crippen molar-refractivity contribution in [2.75, 3.05) is 6.61 Å². The molecule has 1 saturated carbocycles. The predicted molar refractivity (Wildman–Crippen MR) is 69.5 cm³/mol. The van der Waals surface area contributed by atoms with Crippen LogP contribution in [0.3, 0.4) is 0 Å². The molecule has 2 nitrogen and oxygen atoms in total. The Kier molecular flexibility index (Phi) is 6.37. The predicted octanol–water partition coefficient (Wildman–Crippen LogP) is 2.95. The summed E-state index contributed by atoms with van der Waals surface area (Å²) in [6.45, 7) is 6.83. The van der Waals surface area contributed by atoms with Gasteiger partial charge in [-0.2, -0.15) is 0 Å². The molecule has 0 spiro atoms. The summed E-state index contributed by atoms with van der Waals surface area (Å²) >= 11 is 0. The molecule has 0 radical (unpaired) electrons. The molecule has 0 amide bonds. The van der Waals surface area contributed by atoms with Crippen LogP contribution >= 0.6 is 0 Å². The summed E-state index contributed by atoms with van der Waals surface area (Å²) in [5.41, 5.74) is 0. The minimum atomic E-state index is 0.255. The molecule has 1 aliphatic carbocycles. The van der Waals surface area contributed by atoms with Gasteiger partial charge in [-0.05, 0) is 31.6 Å². The Morgan fingerprint density at radius 2 is 1.81 bits per heavy atom. The average molecular weight is 227 g/mol. The van der Waals surface area contributed by atoms with Crippen LogP contribution in [0.2, 0.25) is 0 Å². The summed E-state index contributed by atoms with van der Waals surface area (Å²) in [5, 5.41) is 12.8. The van der Waals surface area contributed by atoms with Crippen LogP contribution in [0.4, 0.5) is 0 Å². The standard InChI is InChI=1S/C14H29NO/c1-11(2)14(10-16)15-12(3)8-9-13-6-4-5-7-13/h11-16H,4-10H2,1-3H3/t12?,14-/m1/s1. The minimum absolute atomic E-state index is 0.255. The highest BCUT2D eigenvalue weighted by molar-refractivity contribution is 4.75. The first kappa shape index (κ1) is 14.0. The van der Waals surface area contributed by atoms with E-state index in [0.717, 1.165) is 5.92 Å². The summed E-state index contributed by atoms with van der Waals surface area (Å²) in [7, 11) is 0. The van der Waals surface area contributed by atoms with Gasteiger partial charge in [0.2, 0.25) is 0 Å². The van der Waals surface area contributed by atoms with Gasteiger partial charge in [0.1, 0.15) is 0 Å². The molecule has 0 bridgehead atoms. The smallest absolute Gasteiger partial charge is 0.0587 e. The number of aliphatic hydroxyl groups excluding tert-OH is 1. The molecule has 1 unspecified atom stereocenters. The molecule has 0 saturated heterocycles. The van der Waals surface area contributed by atoms with Crippen LogP contribution in [0.5, 0.6) is 0 Å². The Labute approximate surface area is 101 Å². The number of nitrogens with one attached hydrogen (secondary N) is 1. The van der Waals surface area contributed by atoms with E-state index >= 15 is 0 Å². The van der Waals surface area contributed by atoms with E-state index in [0.29, 0.717) is 12.0 Å². The van der Waals surface area contributed by atoms with Crippen molar-refractivity contribution < 1.29 is 5.11 Å². The highest BCUT2D eigenvalue weighted by Crippen LogP contribution is 2.28. The molecule has 2 N–H and O–H groups in total. The third-order valence-corrected chi connectivity index (χ3v) is 3.98. The summed E-state index contributed by atoms with van der Waals surface area (Å²) < 4.78 is 0. The van der Waals surface area contributed by atoms with E-state index in [1.165, 1.54) is 38.5 Å². The van der Waals surface area contributed by atoms with E-state index in [4.69, 9.17) is 0 Å². The van der Waals surface area contributed by atoms with E-state index in [9.17, 15) is 5.11 Å². The van der Waals surface area contributed by atoms with Crippen molar-refractivity contribution in [3.63, 3.8) is 0 Å². The summed E-state index contributed by atoms with van der Waals surface area (Å²) in [6.07, 6.45) is 8.40. The van der Waals surface area contributed by atoms with Gasteiger partial charge in [0.05, 0.1) is 6.61 Å². The molecule has 16 heavy (non-hydrogen) atoms. The van der Waals surface area contributed by atoms with Gasteiger partial charge < -0.3 is 10.4 Å². The lowest BCUT2D eigenvalue weighted by Gasteiger charge is -2.25. The number of hydrogen-bond donors (Lipinski definition) is 2. The second-order valence-electron chi connectivity index (χ2n) is 5.83. The van der Waals surface area contributed by atoms with Crippen molar-refractivity contribution in [3.05, 3.63) is 0 Å². The van der Waals surface area contributed by atoms with E-state index in [2.05, 4.69) is 26.1 Å². The molecule has 2 heteroatoms. The zero-order valence-corrected chi connectivity index (χ0v) is 11.2.